The van der Waals surface area contributed by atoms with Crippen LogP contribution in [0.15, 0.2) is 24.4 Å². The molecule has 1 heterocycles. The molecule has 0 fully saturated rings. The summed E-state index contributed by atoms with van der Waals surface area (Å²) >= 11 is 0. The molecule has 2 heteroatoms. The predicted octanol–water partition coefficient (Wildman–Crippen LogP) is 4.06. The monoisotopic (exact) mass is 230 g/mol. The van der Waals surface area contributed by atoms with Crippen molar-refractivity contribution in [2.75, 3.05) is 0 Å². The van der Waals surface area contributed by atoms with Crippen molar-refractivity contribution in [3.8, 4) is 0 Å². The zero-order chi connectivity index (χ0) is 13.2. The Morgan fingerprint density at radius 2 is 1.94 bits per heavy atom. The van der Waals surface area contributed by atoms with Crippen molar-refractivity contribution in [2.24, 2.45) is 0 Å². The van der Waals surface area contributed by atoms with Crippen LogP contribution in [0, 0.1) is 6.92 Å². The number of hydrogen-bond donors (Lipinski definition) is 0. The molecule has 0 amide bonds. The van der Waals surface area contributed by atoms with Crippen LogP contribution in [0.1, 0.15) is 51.7 Å². The summed E-state index contributed by atoms with van der Waals surface area (Å²) in [4.78, 5) is 8.86. The van der Waals surface area contributed by atoms with Gasteiger partial charge in [0.2, 0.25) is 0 Å². The fourth-order valence-electron chi connectivity index (χ4n) is 1.61. The number of hydrogen-bond acceptors (Lipinski definition) is 2. The summed E-state index contributed by atoms with van der Waals surface area (Å²) in [5.74, 6) is 0.790. The summed E-state index contributed by atoms with van der Waals surface area (Å²) in [5.41, 5.74) is 4.30. The van der Waals surface area contributed by atoms with E-state index in [2.05, 4.69) is 50.3 Å². The third-order valence-corrected chi connectivity index (χ3v) is 2.91. The Morgan fingerprint density at radius 3 is 2.41 bits per heavy atom. The second kappa shape index (κ2) is 4.82. The molecule has 0 unspecified atom stereocenters. The van der Waals surface area contributed by atoms with Gasteiger partial charge in [0.05, 0.1) is 5.69 Å². The van der Waals surface area contributed by atoms with Gasteiger partial charge in [-0.1, -0.05) is 33.4 Å². The van der Waals surface area contributed by atoms with Crippen molar-refractivity contribution in [1.82, 2.24) is 9.97 Å². The van der Waals surface area contributed by atoms with E-state index in [1.54, 1.807) is 0 Å². The number of aryl methyl sites for hydroxylation is 1. The lowest BCUT2D eigenvalue weighted by Crippen LogP contribution is -2.16. The van der Waals surface area contributed by atoms with E-state index >= 15 is 0 Å². The molecule has 17 heavy (non-hydrogen) atoms. The zero-order valence-corrected chi connectivity index (χ0v) is 11.8. The second-order valence-corrected chi connectivity index (χ2v) is 5.38. The highest BCUT2D eigenvalue weighted by molar-refractivity contribution is 5.76. The van der Waals surface area contributed by atoms with E-state index in [1.807, 2.05) is 20.0 Å². The van der Waals surface area contributed by atoms with Crippen LogP contribution < -0.4 is 0 Å². The smallest absolute Gasteiger partial charge is 0.125 e. The van der Waals surface area contributed by atoms with Gasteiger partial charge >= 0.3 is 0 Å². The van der Waals surface area contributed by atoms with Gasteiger partial charge in [-0.25, -0.2) is 9.97 Å². The van der Waals surface area contributed by atoms with Gasteiger partial charge < -0.3 is 0 Å². The molecule has 0 bridgehead atoms. The van der Waals surface area contributed by atoms with Gasteiger partial charge in [-0.15, -0.1) is 0 Å². The van der Waals surface area contributed by atoms with Gasteiger partial charge in [0.15, 0.2) is 0 Å². The first kappa shape index (κ1) is 13.6. The van der Waals surface area contributed by atoms with E-state index in [9.17, 15) is 0 Å². The molecule has 0 atom stereocenters. The fourth-order valence-corrected chi connectivity index (χ4v) is 1.61. The van der Waals surface area contributed by atoms with Crippen LogP contribution >= 0.6 is 0 Å². The Hall–Kier alpha value is -1.44. The molecular formula is C15H22N2. The summed E-state index contributed by atoms with van der Waals surface area (Å²) in [7, 11) is 0. The SMILES string of the molecule is C=C(/C(C)=C\C)c1nc(C)ncc1C(C)(C)C. The van der Waals surface area contributed by atoms with E-state index in [0.29, 0.717) is 0 Å². The molecule has 0 aliphatic rings. The average Bonchev–Trinajstić information content (AvgIpc) is 2.25. The van der Waals surface area contributed by atoms with Crippen molar-refractivity contribution in [2.45, 2.75) is 47.0 Å². The molecule has 0 saturated heterocycles. The second-order valence-electron chi connectivity index (χ2n) is 5.38. The minimum atomic E-state index is 0.0278. The fraction of sp³-hybridized carbons (Fsp3) is 0.467. The molecule has 92 valence electrons. The van der Waals surface area contributed by atoms with Crippen molar-refractivity contribution in [3.63, 3.8) is 0 Å². The van der Waals surface area contributed by atoms with Crippen molar-refractivity contribution in [1.29, 1.82) is 0 Å². The van der Waals surface area contributed by atoms with Crippen LogP contribution in [0.5, 0.6) is 0 Å². The van der Waals surface area contributed by atoms with Crippen LogP contribution in [0.25, 0.3) is 5.57 Å². The molecule has 0 aliphatic heterocycles. The third-order valence-electron chi connectivity index (χ3n) is 2.91. The summed E-state index contributed by atoms with van der Waals surface area (Å²) in [5, 5.41) is 0. The number of rotatable bonds is 2. The topological polar surface area (TPSA) is 25.8 Å². The molecular weight excluding hydrogens is 208 g/mol. The highest BCUT2D eigenvalue weighted by Crippen LogP contribution is 2.30. The maximum absolute atomic E-state index is 4.56. The van der Waals surface area contributed by atoms with E-state index in [-0.39, 0.29) is 5.41 Å². The number of aromatic nitrogens is 2. The molecule has 1 rings (SSSR count). The molecule has 1 aromatic heterocycles. The van der Waals surface area contributed by atoms with E-state index in [4.69, 9.17) is 0 Å². The van der Waals surface area contributed by atoms with E-state index < -0.39 is 0 Å². The average molecular weight is 230 g/mol. The van der Waals surface area contributed by atoms with Gasteiger partial charge in [-0.2, -0.15) is 0 Å². The molecule has 0 aromatic carbocycles. The normalized spacial score (nSPS) is 12.7. The molecule has 0 spiro atoms. The molecule has 0 radical (unpaired) electrons. The minimum Gasteiger partial charge on any atom is -0.241 e. The van der Waals surface area contributed by atoms with Crippen LogP contribution in [-0.4, -0.2) is 9.97 Å². The molecule has 1 aromatic rings. The van der Waals surface area contributed by atoms with E-state index in [0.717, 1.165) is 28.2 Å². The molecule has 0 saturated carbocycles. The van der Waals surface area contributed by atoms with Gasteiger partial charge in [0.1, 0.15) is 5.82 Å². The predicted molar refractivity (Wildman–Crippen MR) is 73.9 cm³/mol. The van der Waals surface area contributed by atoms with E-state index in [1.165, 1.54) is 0 Å². The lowest BCUT2D eigenvalue weighted by molar-refractivity contribution is 0.580. The first-order valence-electron chi connectivity index (χ1n) is 5.94. The maximum atomic E-state index is 4.56. The van der Waals surface area contributed by atoms with Crippen LogP contribution in [0.4, 0.5) is 0 Å². The van der Waals surface area contributed by atoms with Crippen molar-refractivity contribution >= 4 is 5.57 Å². The summed E-state index contributed by atoms with van der Waals surface area (Å²) in [6, 6.07) is 0. The first-order valence-corrected chi connectivity index (χ1v) is 5.94. The molecule has 2 nitrogen and oxygen atoms in total. The Morgan fingerprint density at radius 1 is 1.35 bits per heavy atom. The van der Waals surface area contributed by atoms with Crippen molar-refractivity contribution in [3.05, 3.63) is 41.5 Å². The lowest BCUT2D eigenvalue weighted by atomic mass is 9.84. The minimum absolute atomic E-state index is 0.0278. The summed E-state index contributed by atoms with van der Waals surface area (Å²) in [6.07, 6.45) is 3.98. The standard InChI is InChI=1S/C15H22N2/c1-8-10(2)11(3)14-13(15(5,6)7)9-16-12(4)17-14/h8-9H,3H2,1-2,4-7H3/b10-8-. The van der Waals surface area contributed by atoms with Crippen LogP contribution in [-0.2, 0) is 5.41 Å². The maximum Gasteiger partial charge on any atom is 0.125 e. The Balaban J connectivity index is 3.41. The lowest BCUT2D eigenvalue weighted by Gasteiger charge is -2.23. The third kappa shape index (κ3) is 3.02. The number of nitrogens with zero attached hydrogens (tertiary/aromatic N) is 2. The van der Waals surface area contributed by atoms with Crippen LogP contribution in [0.3, 0.4) is 0 Å². The molecule has 0 aliphatic carbocycles. The Kier molecular flexibility index (Phi) is 3.87. The van der Waals surface area contributed by atoms with Crippen LogP contribution in [0.2, 0.25) is 0 Å². The summed E-state index contributed by atoms with van der Waals surface area (Å²) in [6.45, 7) is 16.7. The Labute approximate surface area is 105 Å². The van der Waals surface area contributed by atoms with Gasteiger partial charge in [-0.05, 0) is 37.3 Å². The summed E-state index contributed by atoms with van der Waals surface area (Å²) < 4.78 is 0. The van der Waals surface area contributed by atoms with Gasteiger partial charge in [0.25, 0.3) is 0 Å². The van der Waals surface area contributed by atoms with Gasteiger partial charge in [-0.3, -0.25) is 0 Å². The number of allylic oxidation sites excluding steroid dienone is 3. The quantitative estimate of drug-likeness (QED) is 0.716. The first-order chi connectivity index (χ1) is 7.77. The largest absolute Gasteiger partial charge is 0.241 e. The zero-order valence-electron chi connectivity index (χ0n) is 11.8. The highest BCUT2D eigenvalue weighted by atomic mass is 14.9. The molecule has 0 N–H and O–H groups in total. The van der Waals surface area contributed by atoms with Crippen molar-refractivity contribution < 1.29 is 0 Å². The highest BCUT2D eigenvalue weighted by Gasteiger charge is 2.21. The Bertz CT molecular complexity index is 462. The van der Waals surface area contributed by atoms with Gasteiger partial charge in [0, 0.05) is 11.8 Å².